The maximum atomic E-state index is 8.00. The monoisotopic (exact) mass is 1540 g/mol. The molecule has 0 saturated carbocycles. The van der Waals surface area contributed by atoms with Crippen LogP contribution in [0.15, 0.2) is 160 Å². The lowest BCUT2D eigenvalue weighted by atomic mass is 9.99. The highest BCUT2D eigenvalue weighted by Crippen LogP contribution is 2.47. The number of hydrogen-bond donors (Lipinski definition) is 3. The number of carbonyl (C=O) groups excluding carboxylic acids is 1. The van der Waals surface area contributed by atoms with Crippen LogP contribution < -0.4 is 34.9 Å². The molecule has 4 saturated heterocycles. The van der Waals surface area contributed by atoms with E-state index in [1.807, 2.05) is 110 Å². The minimum atomic E-state index is 0. The average Bonchev–Trinajstić information content (AvgIpc) is 1.61. The Labute approximate surface area is 629 Å². The van der Waals surface area contributed by atoms with Gasteiger partial charge in [-0.2, -0.15) is 0 Å². The third-order valence-corrected chi connectivity index (χ3v) is 19.9. The SMILES string of the molecule is C.C.C=O.COc1cc(-c2oc3ncnc(NCCN4CCN(C)CC4)c3c2-c2ccccc2)ccc1OCCN1CCCCC1.COc1cc(-c2oc3ncnc(NCCN4CCNCC4)c3c2-c2ccccc2)ccc1OCCN1CCCCC1.Clc1ncnc2oc(I)c(-c3ccccc3)c12. The smallest absolute Gasteiger partial charge is 0.232 e. The number of halogens is 2. The van der Waals surface area contributed by atoms with Crippen molar-refractivity contribution in [2.24, 2.45) is 0 Å². The lowest BCUT2D eigenvalue weighted by molar-refractivity contribution is -0.0980. The number of nitrogens with one attached hydrogen (secondary N) is 3. The maximum Gasteiger partial charge on any atom is 0.232 e. The predicted octanol–water partition coefficient (Wildman–Crippen LogP) is 15.1. The Kier molecular flexibility index (Phi) is 29.4. The molecule has 22 nitrogen and oxygen atoms in total. The lowest BCUT2D eigenvalue weighted by Crippen LogP contribution is -2.45. The van der Waals surface area contributed by atoms with E-state index >= 15 is 0 Å². The molecule has 5 aromatic carbocycles. The van der Waals surface area contributed by atoms with Crippen molar-refractivity contribution in [2.45, 2.75) is 53.4 Å². The van der Waals surface area contributed by atoms with Crippen LogP contribution in [0.4, 0.5) is 11.6 Å². The molecule has 15 rings (SSSR count). The van der Waals surface area contributed by atoms with Gasteiger partial charge in [0.1, 0.15) is 67.3 Å². The summed E-state index contributed by atoms with van der Waals surface area (Å²) in [5.74, 6) is 5.87. The molecule has 0 bridgehead atoms. The Morgan fingerprint density at radius 3 is 1.31 bits per heavy atom. The Hall–Kier alpha value is -8.79. The van der Waals surface area contributed by atoms with E-state index < -0.39 is 0 Å². The van der Waals surface area contributed by atoms with Crippen molar-refractivity contribution >= 4 is 85.9 Å². The molecule has 0 atom stereocenters. The second-order valence-corrected chi connectivity index (χ2v) is 26.8. The first-order valence-electron chi connectivity index (χ1n) is 35.2. The Balaban J connectivity index is 0.000000176. The Morgan fingerprint density at radius 1 is 0.462 bits per heavy atom. The number of piperidine rings is 2. The fourth-order valence-corrected chi connectivity index (χ4v) is 14.5. The second-order valence-electron chi connectivity index (χ2n) is 25.4. The molecule has 4 aliphatic heterocycles. The van der Waals surface area contributed by atoms with Crippen LogP contribution in [0.3, 0.4) is 0 Å². The summed E-state index contributed by atoms with van der Waals surface area (Å²) in [5.41, 5.74) is 9.45. The molecule has 0 spiro atoms. The van der Waals surface area contributed by atoms with Gasteiger partial charge in [-0.25, -0.2) is 29.9 Å². The van der Waals surface area contributed by atoms with E-state index in [-0.39, 0.29) is 14.9 Å². The van der Waals surface area contributed by atoms with Crippen LogP contribution in [0.2, 0.25) is 5.15 Å². The number of benzene rings is 5. The van der Waals surface area contributed by atoms with Crippen LogP contribution >= 0.6 is 34.2 Å². The molecular formula is C80H98ClIN14O8. The number of fused-ring (bicyclic) bond motifs is 3. The number of carbonyl (C=O) groups is 1. The summed E-state index contributed by atoms with van der Waals surface area (Å²) in [6.45, 7) is 21.8. The molecule has 10 heterocycles. The topological polar surface area (TPSA) is 223 Å². The molecule has 0 aliphatic carbocycles. The normalized spacial score (nSPS) is 15.2. The first kappa shape index (κ1) is 77.8. The molecule has 104 heavy (non-hydrogen) atoms. The summed E-state index contributed by atoms with van der Waals surface area (Å²) >= 11 is 8.25. The summed E-state index contributed by atoms with van der Waals surface area (Å²) in [5, 5.41) is 13.5. The molecule has 24 heteroatoms. The highest BCUT2D eigenvalue weighted by atomic mass is 127. The largest absolute Gasteiger partial charge is 0.493 e. The fourth-order valence-electron chi connectivity index (χ4n) is 13.5. The number of nitrogens with zero attached hydrogens (tertiary/aromatic N) is 11. The predicted molar refractivity (Wildman–Crippen MR) is 426 cm³/mol. The number of likely N-dealkylation sites (N-methyl/N-ethyl adjacent to an activating group) is 1. The van der Waals surface area contributed by atoms with Crippen molar-refractivity contribution < 1.29 is 37.0 Å². The summed E-state index contributed by atoms with van der Waals surface area (Å²) < 4.78 is 43.2. The summed E-state index contributed by atoms with van der Waals surface area (Å²) in [4.78, 5) is 46.7. The summed E-state index contributed by atoms with van der Waals surface area (Å²) in [6.07, 6.45) is 12.3. The first-order valence-corrected chi connectivity index (χ1v) is 36.7. The molecule has 4 aliphatic rings. The minimum absolute atomic E-state index is 0. The van der Waals surface area contributed by atoms with Crippen LogP contribution in [0.25, 0.3) is 89.3 Å². The lowest BCUT2D eigenvalue weighted by Gasteiger charge is -2.32. The van der Waals surface area contributed by atoms with Crippen molar-refractivity contribution in [3.63, 3.8) is 0 Å². The quantitative estimate of drug-likeness (QED) is 0.0400. The van der Waals surface area contributed by atoms with E-state index in [1.54, 1.807) is 26.9 Å². The van der Waals surface area contributed by atoms with Crippen LogP contribution in [0.1, 0.15) is 53.4 Å². The van der Waals surface area contributed by atoms with Crippen molar-refractivity contribution in [1.29, 1.82) is 0 Å². The van der Waals surface area contributed by atoms with Crippen molar-refractivity contribution in [2.75, 3.05) is 163 Å². The van der Waals surface area contributed by atoms with E-state index in [9.17, 15) is 0 Å². The number of ether oxygens (including phenoxy) is 4. The minimum Gasteiger partial charge on any atom is -0.493 e. The number of methoxy groups -OCH3 is 2. The zero-order valence-electron chi connectivity index (χ0n) is 58.4. The van der Waals surface area contributed by atoms with Gasteiger partial charge in [-0.1, -0.05) is 130 Å². The van der Waals surface area contributed by atoms with Crippen molar-refractivity contribution in [3.05, 3.63) is 155 Å². The van der Waals surface area contributed by atoms with Crippen LogP contribution in [-0.2, 0) is 4.79 Å². The molecule has 4 fully saturated rings. The average molecular weight is 1550 g/mol. The van der Waals surface area contributed by atoms with E-state index in [0.29, 0.717) is 47.0 Å². The van der Waals surface area contributed by atoms with Gasteiger partial charge in [-0.05, 0) is 112 Å². The number of rotatable bonds is 23. The zero-order chi connectivity index (χ0) is 70.4. The molecule has 6 aromatic heterocycles. The Morgan fingerprint density at radius 2 is 0.865 bits per heavy atom. The van der Waals surface area contributed by atoms with Gasteiger partial charge in [-0.15, -0.1) is 0 Å². The third-order valence-electron chi connectivity index (χ3n) is 18.9. The zero-order valence-corrected chi connectivity index (χ0v) is 61.3. The van der Waals surface area contributed by atoms with Gasteiger partial charge in [0.25, 0.3) is 0 Å². The number of hydrogen-bond acceptors (Lipinski definition) is 22. The van der Waals surface area contributed by atoms with Gasteiger partial charge in [0.2, 0.25) is 17.1 Å². The van der Waals surface area contributed by atoms with Crippen molar-refractivity contribution in [3.8, 4) is 79.0 Å². The summed E-state index contributed by atoms with van der Waals surface area (Å²) in [7, 11) is 5.54. The van der Waals surface area contributed by atoms with Gasteiger partial charge in [0.15, 0.2) is 26.8 Å². The second kappa shape index (κ2) is 39.4. The molecule has 0 unspecified atom stereocenters. The number of aromatic nitrogens is 6. The van der Waals surface area contributed by atoms with E-state index in [4.69, 9.17) is 48.6 Å². The van der Waals surface area contributed by atoms with Gasteiger partial charge in [0, 0.05) is 142 Å². The van der Waals surface area contributed by atoms with Crippen molar-refractivity contribution in [1.82, 2.24) is 59.7 Å². The fraction of sp³-hybridized carbons (Fsp3) is 0.388. The number of anilines is 2. The standard InChI is InChI=1S/C33H42N6O3.C32H40N6O3.C12H6ClIN2O.CH2O.2CH4/c1-37-17-19-39(20-18-37)16-13-34-32-30-29(25-9-5-3-6-10-25)31(42-33(30)36-24-35-32)26-11-12-27(28(23-26)40-2)41-22-21-38-14-7-4-8-15-38;1-39-27-22-25(10-11-26(27)40-21-20-37-15-6-3-7-16-37)30-28(24-8-4-2-5-9-24)29-31(35-23-36-32(29)41-30)34-14-19-38-17-12-33-13-18-38;13-10-9-8(7-4-2-1-3-5-7)11(14)17-12(9)16-6-15-10;1-2;;/h3,5-6,9-12,23-24H,4,7-8,13-22H2,1-2H3,(H,34,35,36);2,4-5,8-11,22-23,33H,3,6-7,12-21H2,1H3,(H,34,35,36);1-6H;1H2;2*1H4. The highest BCUT2D eigenvalue weighted by Gasteiger charge is 2.27. The van der Waals surface area contributed by atoms with E-state index in [1.165, 1.54) is 44.9 Å². The molecule has 0 radical (unpaired) electrons. The molecule has 0 amide bonds. The number of furan rings is 3. The number of likely N-dealkylation sites (tertiary alicyclic amines) is 2. The molecule has 3 N–H and O–H groups in total. The third kappa shape index (κ3) is 19.6. The first-order chi connectivity index (χ1) is 50.3. The van der Waals surface area contributed by atoms with Crippen LogP contribution in [-0.4, -0.2) is 213 Å². The highest BCUT2D eigenvalue weighted by molar-refractivity contribution is 14.1. The van der Waals surface area contributed by atoms with Gasteiger partial charge in [0.05, 0.1) is 30.4 Å². The van der Waals surface area contributed by atoms with Gasteiger partial charge < -0.3 is 57.8 Å². The van der Waals surface area contributed by atoms with E-state index in [0.717, 1.165) is 217 Å². The van der Waals surface area contributed by atoms with E-state index in [2.05, 4.69) is 124 Å². The van der Waals surface area contributed by atoms with Crippen LogP contribution in [0.5, 0.6) is 23.0 Å². The maximum absolute atomic E-state index is 8.00. The molecular weight excluding hydrogens is 1450 g/mol. The van der Waals surface area contributed by atoms with Crippen LogP contribution in [0, 0.1) is 3.77 Å². The Bertz CT molecular complexity index is 4430. The molecule has 550 valence electrons. The number of piperazine rings is 2. The molecule has 11 aromatic rings. The van der Waals surface area contributed by atoms with Gasteiger partial charge >= 0.3 is 0 Å². The summed E-state index contributed by atoms with van der Waals surface area (Å²) in [6, 6.07) is 42.6. The van der Waals surface area contributed by atoms with Gasteiger partial charge in [-0.3, -0.25) is 19.6 Å².